The van der Waals surface area contributed by atoms with E-state index in [4.69, 9.17) is 6.42 Å². The quantitative estimate of drug-likeness (QED) is 0.596. The van der Waals surface area contributed by atoms with Crippen molar-refractivity contribution >= 4 is 0 Å². The second-order valence-electron chi connectivity index (χ2n) is 3.81. The standard InChI is InChI=1S/C12H23N/c1-5-8-12(13-9-6-2)10-11(4)7-3/h1,11-13H,6-10H2,2-4H3. The zero-order valence-electron chi connectivity index (χ0n) is 9.27. The molecule has 0 spiro atoms. The van der Waals surface area contributed by atoms with E-state index in [1.165, 1.54) is 19.3 Å². The minimum absolute atomic E-state index is 0.528. The van der Waals surface area contributed by atoms with Gasteiger partial charge in [0.15, 0.2) is 0 Å². The van der Waals surface area contributed by atoms with Crippen molar-refractivity contribution in [2.75, 3.05) is 6.54 Å². The first-order valence-electron chi connectivity index (χ1n) is 5.41. The van der Waals surface area contributed by atoms with Gasteiger partial charge in [0, 0.05) is 12.5 Å². The highest BCUT2D eigenvalue weighted by molar-refractivity contribution is 4.90. The largest absolute Gasteiger partial charge is 0.313 e. The minimum Gasteiger partial charge on any atom is -0.313 e. The molecule has 13 heavy (non-hydrogen) atoms. The summed E-state index contributed by atoms with van der Waals surface area (Å²) in [5.41, 5.74) is 0. The second-order valence-corrected chi connectivity index (χ2v) is 3.81. The summed E-state index contributed by atoms with van der Waals surface area (Å²) in [5.74, 6) is 3.52. The smallest absolute Gasteiger partial charge is 0.0240 e. The molecule has 0 aliphatic rings. The molecule has 0 aromatic heterocycles. The van der Waals surface area contributed by atoms with Crippen LogP contribution in [-0.2, 0) is 0 Å². The lowest BCUT2D eigenvalue weighted by Crippen LogP contribution is -2.31. The van der Waals surface area contributed by atoms with E-state index in [0.717, 1.165) is 18.9 Å². The SMILES string of the molecule is C#CCC(CC(C)CC)NCCC. The molecule has 0 saturated carbocycles. The van der Waals surface area contributed by atoms with Gasteiger partial charge < -0.3 is 5.32 Å². The van der Waals surface area contributed by atoms with E-state index in [1.807, 2.05) is 0 Å². The molecule has 2 unspecified atom stereocenters. The highest BCUT2D eigenvalue weighted by Gasteiger charge is 2.09. The van der Waals surface area contributed by atoms with Crippen LogP contribution in [0.3, 0.4) is 0 Å². The Morgan fingerprint density at radius 1 is 1.38 bits per heavy atom. The van der Waals surface area contributed by atoms with Gasteiger partial charge in [0.1, 0.15) is 0 Å². The van der Waals surface area contributed by atoms with E-state index in [9.17, 15) is 0 Å². The number of hydrogen-bond donors (Lipinski definition) is 1. The number of rotatable bonds is 7. The third-order valence-electron chi connectivity index (χ3n) is 2.43. The molecule has 0 radical (unpaired) electrons. The van der Waals surface area contributed by atoms with Gasteiger partial charge in [-0.3, -0.25) is 0 Å². The molecule has 0 aliphatic heterocycles. The predicted octanol–water partition coefficient (Wildman–Crippen LogP) is 2.81. The molecule has 76 valence electrons. The van der Waals surface area contributed by atoms with Crippen LogP contribution in [0, 0.1) is 18.3 Å². The Kier molecular flexibility index (Phi) is 7.83. The second kappa shape index (κ2) is 8.13. The van der Waals surface area contributed by atoms with Gasteiger partial charge in [0.05, 0.1) is 0 Å². The fourth-order valence-electron chi connectivity index (χ4n) is 1.38. The van der Waals surface area contributed by atoms with Crippen LogP contribution in [0.25, 0.3) is 0 Å². The lowest BCUT2D eigenvalue weighted by molar-refractivity contribution is 0.398. The van der Waals surface area contributed by atoms with Crippen LogP contribution in [-0.4, -0.2) is 12.6 Å². The van der Waals surface area contributed by atoms with Crippen LogP contribution in [0.1, 0.15) is 46.5 Å². The molecule has 1 N–H and O–H groups in total. The van der Waals surface area contributed by atoms with Crippen LogP contribution in [0.2, 0.25) is 0 Å². The number of nitrogens with one attached hydrogen (secondary N) is 1. The normalized spacial score (nSPS) is 14.9. The Hall–Kier alpha value is -0.480. The van der Waals surface area contributed by atoms with Crippen molar-refractivity contribution in [1.82, 2.24) is 5.32 Å². The fraction of sp³-hybridized carbons (Fsp3) is 0.833. The van der Waals surface area contributed by atoms with Crippen LogP contribution < -0.4 is 5.32 Å². The summed E-state index contributed by atoms with van der Waals surface area (Å²) in [6, 6.07) is 0.528. The molecule has 0 saturated heterocycles. The maximum atomic E-state index is 5.33. The molecule has 0 fully saturated rings. The Labute approximate surface area is 83.3 Å². The van der Waals surface area contributed by atoms with Crippen LogP contribution in [0.15, 0.2) is 0 Å². The molecule has 1 nitrogen and oxygen atoms in total. The molecule has 0 rings (SSSR count). The maximum absolute atomic E-state index is 5.33. The summed E-state index contributed by atoms with van der Waals surface area (Å²) in [6.45, 7) is 7.79. The number of hydrogen-bond acceptors (Lipinski definition) is 1. The Bertz CT molecular complexity index is 146. The van der Waals surface area contributed by atoms with Gasteiger partial charge in [0.25, 0.3) is 0 Å². The van der Waals surface area contributed by atoms with Gasteiger partial charge in [0.2, 0.25) is 0 Å². The fourth-order valence-corrected chi connectivity index (χ4v) is 1.38. The lowest BCUT2D eigenvalue weighted by atomic mass is 9.97. The van der Waals surface area contributed by atoms with Crippen molar-refractivity contribution in [2.45, 2.75) is 52.5 Å². The monoisotopic (exact) mass is 181 g/mol. The molecule has 0 bridgehead atoms. The summed E-state index contributed by atoms with van der Waals surface area (Å²) in [6.07, 6.45) is 9.83. The van der Waals surface area contributed by atoms with Crippen LogP contribution >= 0.6 is 0 Å². The molecule has 0 aromatic carbocycles. The molecule has 0 amide bonds. The highest BCUT2D eigenvalue weighted by Crippen LogP contribution is 2.11. The number of terminal acetylenes is 1. The average Bonchev–Trinajstić information content (AvgIpc) is 2.14. The molecule has 1 heteroatoms. The zero-order valence-corrected chi connectivity index (χ0v) is 9.27. The van der Waals surface area contributed by atoms with E-state index in [2.05, 4.69) is 32.0 Å². The van der Waals surface area contributed by atoms with Gasteiger partial charge in [-0.1, -0.05) is 27.2 Å². The zero-order chi connectivity index (χ0) is 10.1. The first kappa shape index (κ1) is 12.5. The van der Waals surface area contributed by atoms with Crippen LogP contribution in [0.4, 0.5) is 0 Å². The summed E-state index contributed by atoms with van der Waals surface area (Å²) >= 11 is 0. The third-order valence-corrected chi connectivity index (χ3v) is 2.43. The molecular formula is C12H23N. The Morgan fingerprint density at radius 3 is 2.54 bits per heavy atom. The van der Waals surface area contributed by atoms with Crippen molar-refractivity contribution in [1.29, 1.82) is 0 Å². The Balaban J connectivity index is 3.73. The van der Waals surface area contributed by atoms with Crippen molar-refractivity contribution in [3.63, 3.8) is 0 Å². The van der Waals surface area contributed by atoms with Crippen molar-refractivity contribution in [3.8, 4) is 12.3 Å². The van der Waals surface area contributed by atoms with Gasteiger partial charge in [-0.25, -0.2) is 0 Å². The summed E-state index contributed by atoms with van der Waals surface area (Å²) in [5, 5.41) is 3.49. The summed E-state index contributed by atoms with van der Waals surface area (Å²) in [7, 11) is 0. The Morgan fingerprint density at radius 2 is 2.08 bits per heavy atom. The van der Waals surface area contributed by atoms with Gasteiger partial charge in [-0.15, -0.1) is 12.3 Å². The molecule has 2 atom stereocenters. The highest BCUT2D eigenvalue weighted by atomic mass is 14.9. The third kappa shape index (κ3) is 6.66. The van der Waals surface area contributed by atoms with E-state index in [-0.39, 0.29) is 0 Å². The van der Waals surface area contributed by atoms with Crippen LogP contribution in [0.5, 0.6) is 0 Å². The first-order valence-corrected chi connectivity index (χ1v) is 5.41. The van der Waals surface area contributed by atoms with Gasteiger partial charge >= 0.3 is 0 Å². The lowest BCUT2D eigenvalue weighted by Gasteiger charge is -2.19. The van der Waals surface area contributed by atoms with E-state index < -0.39 is 0 Å². The molecule has 0 heterocycles. The first-order chi connectivity index (χ1) is 6.24. The summed E-state index contributed by atoms with van der Waals surface area (Å²) < 4.78 is 0. The average molecular weight is 181 g/mol. The predicted molar refractivity (Wildman–Crippen MR) is 59.6 cm³/mol. The van der Waals surface area contributed by atoms with Crippen molar-refractivity contribution in [2.24, 2.45) is 5.92 Å². The van der Waals surface area contributed by atoms with Gasteiger partial charge in [-0.2, -0.15) is 0 Å². The molecule has 0 aromatic rings. The van der Waals surface area contributed by atoms with E-state index in [0.29, 0.717) is 6.04 Å². The van der Waals surface area contributed by atoms with E-state index in [1.54, 1.807) is 0 Å². The molecule has 0 aliphatic carbocycles. The van der Waals surface area contributed by atoms with Crippen molar-refractivity contribution < 1.29 is 0 Å². The van der Waals surface area contributed by atoms with Gasteiger partial charge in [-0.05, 0) is 25.3 Å². The van der Waals surface area contributed by atoms with Crippen molar-refractivity contribution in [3.05, 3.63) is 0 Å². The summed E-state index contributed by atoms with van der Waals surface area (Å²) in [4.78, 5) is 0. The maximum Gasteiger partial charge on any atom is 0.0240 e. The molecular weight excluding hydrogens is 158 g/mol. The van der Waals surface area contributed by atoms with E-state index >= 15 is 0 Å². The minimum atomic E-state index is 0.528. The topological polar surface area (TPSA) is 12.0 Å².